The highest BCUT2D eigenvalue weighted by Gasteiger charge is 2.13. The molecule has 0 aliphatic heterocycles. The SMILES string of the molecule is O=C(CCCCCC(=O)NCc1cc(C(=O)NCc2ccccc2)c2ccccc2n1)NO. The van der Waals surface area contributed by atoms with E-state index in [1.807, 2.05) is 54.6 Å². The van der Waals surface area contributed by atoms with Crippen LogP contribution < -0.4 is 16.1 Å². The van der Waals surface area contributed by atoms with Crippen LogP contribution in [0, 0.1) is 0 Å². The van der Waals surface area contributed by atoms with Crippen LogP contribution in [-0.2, 0) is 22.7 Å². The van der Waals surface area contributed by atoms with Crippen LogP contribution in [0.2, 0.25) is 0 Å². The van der Waals surface area contributed by atoms with Gasteiger partial charge in [0.25, 0.3) is 5.91 Å². The smallest absolute Gasteiger partial charge is 0.252 e. The van der Waals surface area contributed by atoms with Crippen molar-refractivity contribution in [2.24, 2.45) is 0 Å². The van der Waals surface area contributed by atoms with E-state index in [-0.39, 0.29) is 24.8 Å². The summed E-state index contributed by atoms with van der Waals surface area (Å²) in [5.41, 5.74) is 4.41. The Bertz CT molecular complexity index is 1100. The van der Waals surface area contributed by atoms with Crippen LogP contribution in [0.15, 0.2) is 60.7 Å². The number of nitrogens with one attached hydrogen (secondary N) is 3. The van der Waals surface area contributed by atoms with Crippen molar-refractivity contribution >= 4 is 28.6 Å². The Balaban J connectivity index is 1.58. The Morgan fingerprint density at radius 1 is 0.788 bits per heavy atom. The first-order valence-electron chi connectivity index (χ1n) is 11.0. The average Bonchev–Trinajstić information content (AvgIpc) is 2.85. The number of amides is 3. The summed E-state index contributed by atoms with van der Waals surface area (Å²) < 4.78 is 0. The number of rotatable bonds is 11. The molecule has 1 heterocycles. The second kappa shape index (κ2) is 12.3. The van der Waals surface area contributed by atoms with Gasteiger partial charge in [-0.25, -0.2) is 5.48 Å². The number of carbonyl (C=O) groups is 3. The molecule has 0 unspecified atom stereocenters. The first kappa shape index (κ1) is 23.9. The van der Waals surface area contributed by atoms with Gasteiger partial charge in [-0.05, 0) is 30.5 Å². The van der Waals surface area contributed by atoms with E-state index in [0.717, 1.165) is 10.9 Å². The summed E-state index contributed by atoms with van der Waals surface area (Å²) >= 11 is 0. The van der Waals surface area contributed by atoms with E-state index in [4.69, 9.17) is 5.21 Å². The summed E-state index contributed by atoms with van der Waals surface area (Å²) in [5.74, 6) is -0.742. The molecule has 0 spiro atoms. The number of para-hydroxylation sites is 1. The fraction of sp³-hybridized carbons (Fsp3) is 0.280. The van der Waals surface area contributed by atoms with Gasteiger partial charge in [0.05, 0.1) is 23.3 Å². The van der Waals surface area contributed by atoms with Crippen LogP contribution >= 0.6 is 0 Å². The molecule has 0 saturated heterocycles. The van der Waals surface area contributed by atoms with Crippen LogP contribution in [0.3, 0.4) is 0 Å². The van der Waals surface area contributed by atoms with Crippen LogP contribution in [0.1, 0.15) is 53.7 Å². The summed E-state index contributed by atoms with van der Waals surface area (Å²) in [6, 6.07) is 18.8. The van der Waals surface area contributed by atoms with E-state index < -0.39 is 5.91 Å². The first-order chi connectivity index (χ1) is 16.1. The van der Waals surface area contributed by atoms with Gasteiger partial charge in [-0.2, -0.15) is 0 Å². The molecule has 0 radical (unpaired) electrons. The van der Waals surface area contributed by atoms with Gasteiger partial charge in [-0.15, -0.1) is 0 Å². The number of benzene rings is 2. The lowest BCUT2D eigenvalue weighted by molar-refractivity contribution is -0.129. The number of hydrogen-bond donors (Lipinski definition) is 4. The molecule has 0 aliphatic carbocycles. The van der Waals surface area contributed by atoms with E-state index in [2.05, 4.69) is 15.6 Å². The minimum absolute atomic E-state index is 0.119. The Labute approximate surface area is 192 Å². The first-order valence-corrected chi connectivity index (χ1v) is 11.0. The molecular formula is C25H28N4O4. The van der Waals surface area contributed by atoms with Gasteiger partial charge in [-0.1, -0.05) is 55.0 Å². The average molecular weight is 449 g/mol. The van der Waals surface area contributed by atoms with Crippen molar-refractivity contribution in [1.29, 1.82) is 0 Å². The molecule has 0 bridgehead atoms. The highest BCUT2D eigenvalue weighted by Crippen LogP contribution is 2.19. The summed E-state index contributed by atoms with van der Waals surface area (Å²) in [7, 11) is 0. The van der Waals surface area contributed by atoms with Crippen molar-refractivity contribution in [2.45, 2.75) is 45.2 Å². The Hall–Kier alpha value is -3.78. The normalized spacial score (nSPS) is 10.6. The lowest BCUT2D eigenvalue weighted by Crippen LogP contribution is -2.25. The quantitative estimate of drug-likeness (QED) is 0.204. The zero-order valence-electron chi connectivity index (χ0n) is 18.3. The largest absolute Gasteiger partial charge is 0.350 e. The number of hydrogen-bond acceptors (Lipinski definition) is 5. The van der Waals surface area contributed by atoms with Gasteiger partial charge in [0.15, 0.2) is 0 Å². The highest BCUT2D eigenvalue weighted by atomic mass is 16.5. The molecule has 33 heavy (non-hydrogen) atoms. The number of nitrogens with zero attached hydrogens (tertiary/aromatic N) is 1. The van der Waals surface area contributed by atoms with Crippen molar-refractivity contribution in [3.8, 4) is 0 Å². The van der Waals surface area contributed by atoms with Crippen molar-refractivity contribution in [2.75, 3.05) is 0 Å². The molecule has 0 aliphatic rings. The molecule has 1 aromatic heterocycles. The third-order valence-corrected chi connectivity index (χ3v) is 5.21. The molecule has 4 N–H and O–H groups in total. The highest BCUT2D eigenvalue weighted by molar-refractivity contribution is 6.06. The van der Waals surface area contributed by atoms with E-state index in [1.165, 1.54) is 0 Å². The Morgan fingerprint density at radius 3 is 2.24 bits per heavy atom. The zero-order valence-corrected chi connectivity index (χ0v) is 18.3. The second-order valence-electron chi connectivity index (χ2n) is 7.72. The lowest BCUT2D eigenvalue weighted by atomic mass is 10.1. The molecule has 3 aromatic rings. The van der Waals surface area contributed by atoms with Crippen LogP contribution in [0.5, 0.6) is 0 Å². The van der Waals surface area contributed by atoms with Crippen LogP contribution in [0.4, 0.5) is 0 Å². The molecule has 0 atom stereocenters. The van der Waals surface area contributed by atoms with Gasteiger partial charge >= 0.3 is 0 Å². The molecule has 2 aromatic carbocycles. The molecule has 0 fully saturated rings. The summed E-state index contributed by atoms with van der Waals surface area (Å²) in [6.45, 7) is 0.637. The minimum Gasteiger partial charge on any atom is -0.350 e. The second-order valence-corrected chi connectivity index (χ2v) is 7.72. The molecule has 3 rings (SSSR count). The lowest BCUT2D eigenvalue weighted by Gasteiger charge is -2.11. The van der Waals surface area contributed by atoms with Gasteiger partial charge in [0.2, 0.25) is 11.8 Å². The van der Waals surface area contributed by atoms with Crippen molar-refractivity contribution in [1.82, 2.24) is 21.1 Å². The maximum Gasteiger partial charge on any atom is 0.252 e. The molecule has 0 saturated carbocycles. The molecule has 8 nitrogen and oxygen atoms in total. The van der Waals surface area contributed by atoms with Gasteiger partial charge in [0.1, 0.15) is 0 Å². The molecular weight excluding hydrogens is 420 g/mol. The van der Waals surface area contributed by atoms with Gasteiger partial charge in [-0.3, -0.25) is 24.6 Å². The maximum atomic E-state index is 12.9. The van der Waals surface area contributed by atoms with Gasteiger partial charge < -0.3 is 10.6 Å². The number of pyridine rings is 1. The predicted octanol–water partition coefficient (Wildman–Crippen LogP) is 3.24. The predicted molar refractivity (Wildman–Crippen MR) is 124 cm³/mol. The van der Waals surface area contributed by atoms with Gasteiger partial charge in [0, 0.05) is 24.8 Å². The Morgan fingerprint density at radius 2 is 1.48 bits per heavy atom. The van der Waals surface area contributed by atoms with E-state index in [9.17, 15) is 14.4 Å². The van der Waals surface area contributed by atoms with E-state index in [0.29, 0.717) is 49.0 Å². The maximum absolute atomic E-state index is 12.9. The van der Waals surface area contributed by atoms with Crippen LogP contribution in [0.25, 0.3) is 10.9 Å². The molecule has 172 valence electrons. The summed E-state index contributed by atoms with van der Waals surface area (Å²) in [6.07, 6.45) is 2.52. The number of aromatic nitrogens is 1. The van der Waals surface area contributed by atoms with Crippen molar-refractivity contribution in [3.05, 3.63) is 77.5 Å². The fourth-order valence-electron chi connectivity index (χ4n) is 3.46. The topological polar surface area (TPSA) is 120 Å². The zero-order chi connectivity index (χ0) is 23.5. The fourth-order valence-corrected chi connectivity index (χ4v) is 3.46. The Kier molecular flexibility index (Phi) is 8.90. The minimum atomic E-state index is -0.426. The molecule has 3 amide bonds. The van der Waals surface area contributed by atoms with Crippen molar-refractivity contribution in [3.63, 3.8) is 0 Å². The summed E-state index contributed by atoms with van der Waals surface area (Å²) in [4.78, 5) is 40.7. The third-order valence-electron chi connectivity index (χ3n) is 5.21. The van der Waals surface area contributed by atoms with Crippen molar-refractivity contribution < 1.29 is 19.6 Å². The van der Waals surface area contributed by atoms with Crippen LogP contribution in [-0.4, -0.2) is 27.9 Å². The molecule has 8 heteroatoms. The van der Waals surface area contributed by atoms with E-state index >= 15 is 0 Å². The number of fused-ring (bicyclic) bond motifs is 1. The third kappa shape index (κ3) is 7.40. The number of unbranched alkanes of at least 4 members (excludes halogenated alkanes) is 2. The standard InChI is InChI=1S/C25H28N4O4/c30-23(13-5-2-6-14-24(31)29-33)26-17-19-15-21(20-11-7-8-12-22(20)28-19)25(32)27-16-18-9-3-1-4-10-18/h1,3-4,7-12,15,33H,2,5-6,13-14,16-17H2,(H,26,30)(H,27,32)(H,29,31). The summed E-state index contributed by atoms with van der Waals surface area (Å²) in [5, 5.41) is 15.0. The number of carbonyl (C=O) groups excluding carboxylic acids is 3. The number of hydroxylamine groups is 1. The van der Waals surface area contributed by atoms with E-state index in [1.54, 1.807) is 11.5 Å². The monoisotopic (exact) mass is 448 g/mol.